The topological polar surface area (TPSA) is 75.4 Å². The third-order valence-corrected chi connectivity index (χ3v) is 3.36. The summed E-state index contributed by atoms with van der Waals surface area (Å²) in [6.45, 7) is 2.55. The van der Waals surface area contributed by atoms with E-state index in [0.717, 1.165) is 19.3 Å². The van der Waals surface area contributed by atoms with Crippen LogP contribution >= 0.6 is 0 Å². The molecule has 4 N–H and O–H groups in total. The standard InChI is InChI=1S/C11H22N2O2/c1-9(12)10(15)13-8-11(6-7-14)4-2-3-5-11/h9,14H,2-8,12H2,1H3,(H,13,15)/t9-/m0/s1. The van der Waals surface area contributed by atoms with E-state index in [-0.39, 0.29) is 17.9 Å². The second-order valence-electron chi connectivity index (χ2n) is 4.69. The minimum atomic E-state index is -0.447. The Kier molecular flexibility index (Phi) is 4.54. The second-order valence-corrected chi connectivity index (χ2v) is 4.69. The molecule has 0 saturated heterocycles. The lowest BCUT2D eigenvalue weighted by atomic mass is 9.83. The van der Waals surface area contributed by atoms with Crippen molar-refractivity contribution < 1.29 is 9.90 Å². The maximum Gasteiger partial charge on any atom is 0.236 e. The Labute approximate surface area is 91.2 Å². The molecule has 0 spiro atoms. The van der Waals surface area contributed by atoms with Crippen LogP contribution in [0.1, 0.15) is 39.0 Å². The molecular weight excluding hydrogens is 192 g/mol. The van der Waals surface area contributed by atoms with E-state index in [9.17, 15) is 4.79 Å². The Morgan fingerprint density at radius 1 is 1.53 bits per heavy atom. The van der Waals surface area contributed by atoms with E-state index in [2.05, 4.69) is 5.32 Å². The number of aliphatic hydroxyl groups excluding tert-OH is 1. The lowest BCUT2D eigenvalue weighted by molar-refractivity contribution is -0.122. The Balaban J connectivity index is 2.42. The molecule has 1 aliphatic rings. The zero-order valence-electron chi connectivity index (χ0n) is 9.46. The zero-order valence-corrected chi connectivity index (χ0v) is 9.46. The van der Waals surface area contributed by atoms with Gasteiger partial charge in [-0.1, -0.05) is 12.8 Å². The molecule has 15 heavy (non-hydrogen) atoms. The summed E-state index contributed by atoms with van der Waals surface area (Å²) in [5, 5.41) is 11.9. The maximum atomic E-state index is 11.3. The number of hydrogen-bond donors (Lipinski definition) is 3. The summed E-state index contributed by atoms with van der Waals surface area (Å²) in [7, 11) is 0. The predicted molar refractivity (Wildman–Crippen MR) is 59.3 cm³/mol. The van der Waals surface area contributed by atoms with Gasteiger partial charge in [-0.05, 0) is 31.6 Å². The monoisotopic (exact) mass is 214 g/mol. The van der Waals surface area contributed by atoms with Gasteiger partial charge in [-0.25, -0.2) is 0 Å². The van der Waals surface area contributed by atoms with Gasteiger partial charge in [-0.3, -0.25) is 4.79 Å². The highest BCUT2D eigenvalue weighted by Crippen LogP contribution is 2.40. The van der Waals surface area contributed by atoms with Gasteiger partial charge in [0.1, 0.15) is 0 Å². The molecule has 1 aliphatic carbocycles. The molecule has 1 saturated carbocycles. The molecule has 4 nitrogen and oxygen atoms in total. The van der Waals surface area contributed by atoms with Crippen molar-refractivity contribution in [1.29, 1.82) is 0 Å². The number of hydrogen-bond acceptors (Lipinski definition) is 3. The zero-order chi connectivity index (χ0) is 11.3. The maximum absolute atomic E-state index is 11.3. The summed E-state index contributed by atoms with van der Waals surface area (Å²) < 4.78 is 0. The van der Waals surface area contributed by atoms with Crippen LogP contribution in [0.25, 0.3) is 0 Å². The van der Waals surface area contributed by atoms with Crippen LogP contribution in [0.2, 0.25) is 0 Å². The van der Waals surface area contributed by atoms with E-state index >= 15 is 0 Å². The fraction of sp³-hybridized carbons (Fsp3) is 0.909. The average Bonchev–Trinajstić information content (AvgIpc) is 2.64. The Hall–Kier alpha value is -0.610. The van der Waals surface area contributed by atoms with Gasteiger partial charge in [0, 0.05) is 13.2 Å². The number of rotatable bonds is 5. The first-order valence-corrected chi connectivity index (χ1v) is 5.74. The third kappa shape index (κ3) is 3.47. The van der Waals surface area contributed by atoms with Crippen LogP contribution in [-0.2, 0) is 4.79 Å². The molecule has 0 aromatic carbocycles. The van der Waals surface area contributed by atoms with E-state index in [1.807, 2.05) is 0 Å². The molecule has 4 heteroatoms. The highest BCUT2D eigenvalue weighted by atomic mass is 16.3. The first kappa shape index (κ1) is 12.5. The minimum absolute atomic E-state index is 0.0979. The lowest BCUT2D eigenvalue weighted by Gasteiger charge is -2.28. The number of nitrogens with two attached hydrogens (primary N) is 1. The van der Waals surface area contributed by atoms with Crippen molar-refractivity contribution in [2.24, 2.45) is 11.1 Å². The molecule has 1 rings (SSSR count). The van der Waals surface area contributed by atoms with Crippen molar-refractivity contribution in [2.75, 3.05) is 13.2 Å². The van der Waals surface area contributed by atoms with Crippen molar-refractivity contribution in [3.63, 3.8) is 0 Å². The Morgan fingerprint density at radius 2 is 2.13 bits per heavy atom. The predicted octanol–water partition coefficient (Wildman–Crippen LogP) is 0.393. The molecule has 0 heterocycles. The first-order chi connectivity index (χ1) is 7.09. The molecule has 0 unspecified atom stereocenters. The van der Waals surface area contributed by atoms with Crippen LogP contribution in [0.5, 0.6) is 0 Å². The van der Waals surface area contributed by atoms with E-state index in [1.54, 1.807) is 6.92 Å². The quantitative estimate of drug-likeness (QED) is 0.620. The van der Waals surface area contributed by atoms with Gasteiger partial charge in [0.25, 0.3) is 0 Å². The van der Waals surface area contributed by atoms with Gasteiger partial charge in [0.05, 0.1) is 6.04 Å². The van der Waals surface area contributed by atoms with Crippen LogP contribution in [-0.4, -0.2) is 30.2 Å². The third-order valence-electron chi connectivity index (χ3n) is 3.36. The van der Waals surface area contributed by atoms with Crippen LogP contribution < -0.4 is 11.1 Å². The van der Waals surface area contributed by atoms with Crippen molar-refractivity contribution >= 4 is 5.91 Å². The van der Waals surface area contributed by atoms with Crippen molar-refractivity contribution in [2.45, 2.75) is 45.1 Å². The number of carbonyl (C=O) groups is 1. The number of amides is 1. The van der Waals surface area contributed by atoms with Crippen LogP contribution in [0.4, 0.5) is 0 Å². The summed E-state index contributed by atoms with van der Waals surface area (Å²) in [6.07, 6.45) is 5.40. The summed E-state index contributed by atoms with van der Waals surface area (Å²) in [4.78, 5) is 11.3. The van der Waals surface area contributed by atoms with Crippen molar-refractivity contribution in [1.82, 2.24) is 5.32 Å². The molecule has 0 aromatic rings. The highest BCUT2D eigenvalue weighted by molar-refractivity contribution is 5.80. The first-order valence-electron chi connectivity index (χ1n) is 5.74. The molecule has 1 fully saturated rings. The van der Waals surface area contributed by atoms with Gasteiger partial charge in [0.15, 0.2) is 0 Å². The van der Waals surface area contributed by atoms with Crippen LogP contribution in [0.3, 0.4) is 0 Å². The molecule has 1 amide bonds. The number of nitrogens with one attached hydrogen (secondary N) is 1. The van der Waals surface area contributed by atoms with Gasteiger partial charge in [-0.2, -0.15) is 0 Å². The highest BCUT2D eigenvalue weighted by Gasteiger charge is 2.33. The molecule has 0 radical (unpaired) electrons. The SMILES string of the molecule is C[C@H](N)C(=O)NCC1(CCO)CCCC1. The van der Waals surface area contributed by atoms with Gasteiger partial charge in [-0.15, -0.1) is 0 Å². The minimum Gasteiger partial charge on any atom is -0.396 e. The molecular formula is C11H22N2O2. The largest absolute Gasteiger partial charge is 0.396 e. The van der Waals surface area contributed by atoms with E-state index in [1.165, 1.54) is 12.8 Å². The summed E-state index contributed by atoms with van der Waals surface area (Å²) in [5.41, 5.74) is 5.60. The lowest BCUT2D eigenvalue weighted by Crippen LogP contribution is -2.43. The van der Waals surface area contributed by atoms with Gasteiger partial charge < -0.3 is 16.2 Å². The number of aliphatic hydroxyl groups is 1. The van der Waals surface area contributed by atoms with E-state index in [0.29, 0.717) is 6.54 Å². The normalized spacial score (nSPS) is 21.3. The molecule has 0 bridgehead atoms. The Morgan fingerprint density at radius 3 is 2.60 bits per heavy atom. The summed E-state index contributed by atoms with van der Waals surface area (Å²) in [6, 6.07) is -0.447. The van der Waals surface area contributed by atoms with Crippen LogP contribution in [0, 0.1) is 5.41 Å². The fourth-order valence-electron chi connectivity index (χ4n) is 2.31. The van der Waals surface area contributed by atoms with Crippen molar-refractivity contribution in [3.05, 3.63) is 0 Å². The van der Waals surface area contributed by atoms with Crippen LogP contribution in [0.15, 0.2) is 0 Å². The molecule has 0 aliphatic heterocycles. The summed E-state index contributed by atoms with van der Waals surface area (Å²) >= 11 is 0. The molecule has 1 atom stereocenters. The van der Waals surface area contributed by atoms with Gasteiger partial charge in [0.2, 0.25) is 5.91 Å². The summed E-state index contributed by atoms with van der Waals surface area (Å²) in [5.74, 6) is -0.0979. The van der Waals surface area contributed by atoms with E-state index in [4.69, 9.17) is 10.8 Å². The smallest absolute Gasteiger partial charge is 0.236 e. The van der Waals surface area contributed by atoms with Crippen molar-refractivity contribution in [3.8, 4) is 0 Å². The van der Waals surface area contributed by atoms with Gasteiger partial charge >= 0.3 is 0 Å². The van der Waals surface area contributed by atoms with E-state index < -0.39 is 6.04 Å². The molecule has 0 aromatic heterocycles. The molecule has 88 valence electrons. The Bertz CT molecular complexity index is 211. The number of carbonyl (C=O) groups excluding carboxylic acids is 1. The second kappa shape index (κ2) is 5.47. The average molecular weight is 214 g/mol. The fourth-order valence-corrected chi connectivity index (χ4v) is 2.31.